The van der Waals surface area contributed by atoms with Crippen LogP contribution in [0.1, 0.15) is 5.56 Å². The summed E-state index contributed by atoms with van der Waals surface area (Å²) >= 11 is 0. The van der Waals surface area contributed by atoms with E-state index >= 15 is 0 Å². The second-order valence-electron chi connectivity index (χ2n) is 3.92. The fraction of sp³-hybridized carbons (Fsp3) is 0.0588. The van der Waals surface area contributed by atoms with Crippen molar-refractivity contribution < 1.29 is 17.1 Å². The molecule has 0 N–H and O–H groups in total. The van der Waals surface area contributed by atoms with Crippen LogP contribution < -0.4 is 0 Å². The number of hydrogen-bond donors (Lipinski definition) is 0. The molecule has 1 heteroatoms. The van der Waals surface area contributed by atoms with Gasteiger partial charge in [0, 0.05) is 0 Å². The van der Waals surface area contributed by atoms with Crippen molar-refractivity contribution in [2.45, 2.75) is 6.42 Å². The molecule has 2 aliphatic rings. The van der Waals surface area contributed by atoms with Crippen molar-refractivity contribution >= 4 is 0 Å². The molecule has 0 heterocycles. The summed E-state index contributed by atoms with van der Waals surface area (Å²) in [5.41, 5.74) is 1.38. The van der Waals surface area contributed by atoms with E-state index in [2.05, 4.69) is 56.0 Å². The minimum Gasteiger partial charge on any atom is -0.0622 e. The SMILES string of the molecule is [CH]1[CH][CH][CH][CH]1.[CH]1[CH][CH][C](Cc2ccccc2)[CH]1.[Fe+2]. The second kappa shape index (κ2) is 9.64. The van der Waals surface area contributed by atoms with Crippen molar-refractivity contribution in [2.75, 3.05) is 0 Å². The van der Waals surface area contributed by atoms with Crippen molar-refractivity contribution in [3.8, 4) is 0 Å². The van der Waals surface area contributed by atoms with Crippen molar-refractivity contribution in [2.24, 2.45) is 0 Å². The van der Waals surface area contributed by atoms with Crippen LogP contribution in [0.3, 0.4) is 0 Å². The molecule has 0 nitrogen and oxygen atoms in total. The first kappa shape index (κ1) is 15.8. The molecule has 0 spiro atoms. The molecule has 0 aliphatic heterocycles. The fourth-order valence-corrected chi connectivity index (χ4v) is 1.68. The van der Waals surface area contributed by atoms with Crippen LogP contribution in [0.2, 0.25) is 0 Å². The van der Waals surface area contributed by atoms with E-state index in [1.54, 1.807) is 0 Å². The van der Waals surface area contributed by atoms with E-state index in [0.29, 0.717) is 0 Å². The summed E-state index contributed by atoms with van der Waals surface area (Å²) in [6.45, 7) is 0. The van der Waals surface area contributed by atoms with Crippen LogP contribution in [-0.2, 0) is 23.5 Å². The van der Waals surface area contributed by atoms with E-state index in [0.717, 1.165) is 6.42 Å². The Morgan fingerprint density at radius 3 is 1.61 bits per heavy atom. The van der Waals surface area contributed by atoms with Crippen LogP contribution in [-0.4, -0.2) is 0 Å². The van der Waals surface area contributed by atoms with Gasteiger partial charge < -0.3 is 0 Å². The van der Waals surface area contributed by atoms with Gasteiger partial charge in [0.2, 0.25) is 0 Å². The summed E-state index contributed by atoms with van der Waals surface area (Å²) in [5, 5.41) is 0. The molecule has 0 amide bonds. The van der Waals surface area contributed by atoms with Crippen LogP contribution in [0.25, 0.3) is 0 Å². The maximum Gasteiger partial charge on any atom is 2.00 e. The van der Waals surface area contributed by atoms with Gasteiger partial charge in [-0.1, -0.05) is 30.3 Å². The van der Waals surface area contributed by atoms with E-state index in [9.17, 15) is 0 Å². The van der Waals surface area contributed by atoms with E-state index in [4.69, 9.17) is 0 Å². The predicted molar refractivity (Wildman–Crippen MR) is 72.1 cm³/mol. The molecule has 1 aromatic carbocycles. The summed E-state index contributed by atoms with van der Waals surface area (Å²) in [7, 11) is 0. The molecule has 90 valence electrons. The minimum absolute atomic E-state index is 0. The maximum atomic E-state index is 2.16. The van der Waals surface area contributed by atoms with Gasteiger partial charge >= 0.3 is 17.1 Å². The first-order valence-electron chi connectivity index (χ1n) is 5.86. The Balaban J connectivity index is 0.000000230. The molecule has 0 atom stereocenters. The number of hydrogen-bond acceptors (Lipinski definition) is 0. The minimum atomic E-state index is 0. The third-order valence-corrected chi connectivity index (χ3v) is 2.54. The zero-order chi connectivity index (χ0) is 11.8. The van der Waals surface area contributed by atoms with Crippen LogP contribution in [0.4, 0.5) is 0 Å². The Hall–Kier alpha value is -0.261. The molecular formula is C17H16Fe+2. The molecule has 1 aromatic rings. The summed E-state index contributed by atoms with van der Waals surface area (Å²) in [5.74, 6) is 1.39. The Labute approximate surface area is 123 Å². The summed E-state index contributed by atoms with van der Waals surface area (Å²) in [6.07, 6.45) is 19.5. The van der Waals surface area contributed by atoms with Crippen molar-refractivity contribution in [3.05, 3.63) is 99.6 Å². The molecule has 18 heavy (non-hydrogen) atoms. The first-order chi connectivity index (χ1) is 8.45. The third-order valence-electron chi connectivity index (χ3n) is 2.54. The van der Waals surface area contributed by atoms with Crippen LogP contribution in [0.5, 0.6) is 0 Å². The van der Waals surface area contributed by atoms with Gasteiger partial charge in [-0.15, -0.1) is 0 Å². The van der Waals surface area contributed by atoms with Crippen LogP contribution >= 0.6 is 0 Å². The van der Waals surface area contributed by atoms with Gasteiger partial charge in [-0.3, -0.25) is 0 Å². The van der Waals surface area contributed by atoms with Crippen molar-refractivity contribution in [1.82, 2.24) is 0 Å². The molecular weight excluding hydrogens is 260 g/mol. The van der Waals surface area contributed by atoms with Crippen LogP contribution in [0.15, 0.2) is 30.3 Å². The molecule has 0 bridgehead atoms. The van der Waals surface area contributed by atoms with E-state index in [-0.39, 0.29) is 17.1 Å². The average Bonchev–Trinajstić information content (AvgIpc) is 3.06. The Morgan fingerprint density at radius 2 is 1.11 bits per heavy atom. The zero-order valence-electron chi connectivity index (χ0n) is 10.1. The molecule has 0 saturated heterocycles. The number of benzene rings is 1. The Morgan fingerprint density at radius 1 is 0.611 bits per heavy atom. The quantitative estimate of drug-likeness (QED) is 0.723. The van der Waals surface area contributed by atoms with Gasteiger partial charge in [0.1, 0.15) is 0 Å². The fourth-order valence-electron chi connectivity index (χ4n) is 1.68. The van der Waals surface area contributed by atoms with E-state index < -0.39 is 0 Å². The first-order valence-corrected chi connectivity index (χ1v) is 5.86. The van der Waals surface area contributed by atoms with Crippen molar-refractivity contribution in [1.29, 1.82) is 0 Å². The smallest absolute Gasteiger partial charge is 0.0622 e. The largest absolute Gasteiger partial charge is 2.00 e. The van der Waals surface area contributed by atoms with Gasteiger partial charge in [0.25, 0.3) is 0 Å². The maximum absolute atomic E-state index is 2.16. The monoisotopic (exact) mass is 276 g/mol. The molecule has 3 rings (SSSR count). The number of rotatable bonds is 2. The van der Waals surface area contributed by atoms with E-state index in [1.807, 2.05) is 32.1 Å². The molecule has 10 radical (unpaired) electrons. The zero-order valence-corrected chi connectivity index (χ0v) is 11.2. The molecule has 2 saturated carbocycles. The topological polar surface area (TPSA) is 0 Å². The Kier molecular flexibility index (Phi) is 8.46. The van der Waals surface area contributed by atoms with Gasteiger partial charge in [-0.2, -0.15) is 0 Å². The summed E-state index contributed by atoms with van der Waals surface area (Å²) < 4.78 is 0. The predicted octanol–water partition coefficient (Wildman–Crippen LogP) is 3.65. The molecule has 2 aliphatic carbocycles. The second-order valence-corrected chi connectivity index (χ2v) is 3.92. The van der Waals surface area contributed by atoms with E-state index in [1.165, 1.54) is 11.5 Å². The summed E-state index contributed by atoms with van der Waals surface area (Å²) in [6, 6.07) is 10.5. The van der Waals surface area contributed by atoms with Crippen LogP contribution in [0, 0.1) is 63.7 Å². The molecule has 0 aromatic heterocycles. The molecule has 0 unspecified atom stereocenters. The molecule has 2 fully saturated rings. The standard InChI is InChI=1S/C12H11.C5H5.Fe/c1-2-6-11(7-3-1)10-12-8-4-5-9-12;1-2-4-5-3-1;/h1-9H,10H2;1-5H;/q;;+2. The van der Waals surface area contributed by atoms with Gasteiger partial charge in [0.05, 0.1) is 0 Å². The van der Waals surface area contributed by atoms with Crippen molar-refractivity contribution in [3.63, 3.8) is 0 Å². The normalized spacial score (nSPS) is 18.9. The third kappa shape index (κ3) is 6.07. The average molecular weight is 276 g/mol. The van der Waals surface area contributed by atoms with Gasteiger partial charge in [0.15, 0.2) is 0 Å². The Bertz CT molecular complexity index is 276. The van der Waals surface area contributed by atoms with Gasteiger partial charge in [-0.05, 0) is 75.7 Å². The summed E-state index contributed by atoms with van der Waals surface area (Å²) in [4.78, 5) is 0. The van der Waals surface area contributed by atoms with Gasteiger partial charge in [-0.25, -0.2) is 0 Å².